The van der Waals surface area contributed by atoms with Crippen molar-refractivity contribution < 1.29 is 18.3 Å². The monoisotopic (exact) mass is 312 g/mol. The fourth-order valence-corrected chi connectivity index (χ4v) is 1.82. The van der Waals surface area contributed by atoms with Crippen molar-refractivity contribution in [3.05, 3.63) is 54.1 Å². The first-order valence-electron chi connectivity index (χ1n) is 5.89. The molecular weight excluding hydrogens is 301 g/mol. The van der Waals surface area contributed by atoms with Crippen molar-refractivity contribution in [3.8, 4) is 5.75 Å². The topological polar surface area (TPSA) is 44.3 Å². The van der Waals surface area contributed by atoms with E-state index in [0.29, 0.717) is 11.4 Å². The van der Waals surface area contributed by atoms with Crippen LogP contribution in [0.25, 0.3) is 0 Å². The summed E-state index contributed by atoms with van der Waals surface area (Å²) in [5.41, 5.74) is 0.377. The Balaban J connectivity index is 1.98. The molecule has 0 aliphatic heterocycles. The number of hydrogen-bond acceptors (Lipinski definition) is 2. The molecule has 2 rings (SSSR count). The minimum atomic E-state index is -4.36. The van der Waals surface area contributed by atoms with Gasteiger partial charge in [-0.2, -0.15) is 13.2 Å². The van der Waals surface area contributed by atoms with Gasteiger partial charge in [-0.25, -0.2) is 0 Å². The summed E-state index contributed by atoms with van der Waals surface area (Å²) in [7, 11) is 0. The number of phenolic OH excluding ortho intramolecular Hbond substituents is 1. The highest BCUT2D eigenvalue weighted by molar-refractivity contribution is 7.80. The third-order valence-corrected chi connectivity index (χ3v) is 2.80. The average Bonchev–Trinajstić information content (AvgIpc) is 2.41. The predicted molar refractivity (Wildman–Crippen MR) is 79.4 cm³/mol. The van der Waals surface area contributed by atoms with Gasteiger partial charge in [-0.15, -0.1) is 0 Å². The first kappa shape index (κ1) is 15.1. The first-order valence-corrected chi connectivity index (χ1v) is 6.30. The molecule has 0 heterocycles. The SMILES string of the molecule is Oc1ccc(NC(=S)Nc2ccc(C(F)(F)F)cc2)cc1. The van der Waals surface area contributed by atoms with Gasteiger partial charge in [0.2, 0.25) is 0 Å². The van der Waals surface area contributed by atoms with E-state index in [0.717, 1.165) is 12.1 Å². The van der Waals surface area contributed by atoms with E-state index in [-0.39, 0.29) is 10.9 Å². The van der Waals surface area contributed by atoms with Crippen LogP contribution in [0.3, 0.4) is 0 Å². The van der Waals surface area contributed by atoms with Crippen LogP contribution in [0.2, 0.25) is 0 Å². The number of hydrogen-bond donors (Lipinski definition) is 3. The molecule has 0 aliphatic carbocycles. The van der Waals surface area contributed by atoms with E-state index in [4.69, 9.17) is 17.3 Å². The summed E-state index contributed by atoms with van der Waals surface area (Å²) in [6.07, 6.45) is -4.36. The Morgan fingerprint density at radius 3 is 1.71 bits per heavy atom. The van der Waals surface area contributed by atoms with Crippen LogP contribution >= 0.6 is 12.2 Å². The molecule has 2 aromatic rings. The zero-order chi connectivity index (χ0) is 15.5. The molecule has 0 unspecified atom stereocenters. The number of thiocarbonyl (C=S) groups is 1. The largest absolute Gasteiger partial charge is 0.508 e. The Bertz CT molecular complexity index is 624. The lowest BCUT2D eigenvalue weighted by molar-refractivity contribution is -0.137. The van der Waals surface area contributed by atoms with Crippen molar-refractivity contribution in [1.82, 2.24) is 0 Å². The van der Waals surface area contributed by atoms with Crippen LogP contribution < -0.4 is 10.6 Å². The van der Waals surface area contributed by atoms with Gasteiger partial charge in [-0.05, 0) is 60.7 Å². The van der Waals surface area contributed by atoms with Crippen LogP contribution in [0.4, 0.5) is 24.5 Å². The third kappa shape index (κ3) is 4.35. The van der Waals surface area contributed by atoms with E-state index in [1.165, 1.54) is 24.3 Å². The molecule has 3 N–H and O–H groups in total. The van der Waals surface area contributed by atoms with Gasteiger partial charge in [0.05, 0.1) is 5.56 Å². The van der Waals surface area contributed by atoms with Crippen LogP contribution in [0.15, 0.2) is 48.5 Å². The molecule has 7 heteroatoms. The van der Waals surface area contributed by atoms with Crippen LogP contribution in [0, 0.1) is 0 Å². The zero-order valence-corrected chi connectivity index (χ0v) is 11.4. The minimum Gasteiger partial charge on any atom is -0.508 e. The molecule has 0 atom stereocenters. The Hall–Kier alpha value is -2.28. The van der Waals surface area contributed by atoms with Crippen molar-refractivity contribution in [1.29, 1.82) is 0 Å². The van der Waals surface area contributed by atoms with Gasteiger partial charge in [0.1, 0.15) is 5.75 Å². The molecule has 110 valence electrons. The van der Waals surface area contributed by atoms with E-state index in [2.05, 4.69) is 10.6 Å². The van der Waals surface area contributed by atoms with E-state index in [1.54, 1.807) is 12.1 Å². The molecule has 0 spiro atoms. The van der Waals surface area contributed by atoms with Gasteiger partial charge >= 0.3 is 6.18 Å². The van der Waals surface area contributed by atoms with E-state index in [9.17, 15) is 13.2 Å². The second-order valence-corrected chi connectivity index (χ2v) is 4.61. The predicted octanol–water partition coefficient (Wildman–Crippen LogP) is 4.22. The number of halogens is 3. The summed E-state index contributed by atoms with van der Waals surface area (Å²) in [6.45, 7) is 0. The molecule has 0 bridgehead atoms. The van der Waals surface area contributed by atoms with Gasteiger partial charge in [-0.1, -0.05) is 0 Å². The number of anilines is 2. The van der Waals surface area contributed by atoms with Gasteiger partial charge in [0.25, 0.3) is 0 Å². The first-order chi connectivity index (χ1) is 9.84. The molecule has 0 saturated heterocycles. The molecule has 3 nitrogen and oxygen atoms in total. The number of benzene rings is 2. The van der Waals surface area contributed by atoms with E-state index >= 15 is 0 Å². The zero-order valence-electron chi connectivity index (χ0n) is 10.6. The van der Waals surface area contributed by atoms with Crippen molar-refractivity contribution >= 4 is 28.7 Å². The summed E-state index contributed by atoms with van der Waals surface area (Å²) < 4.78 is 37.3. The highest BCUT2D eigenvalue weighted by Gasteiger charge is 2.29. The second-order valence-electron chi connectivity index (χ2n) is 4.20. The lowest BCUT2D eigenvalue weighted by atomic mass is 10.2. The number of phenols is 1. The molecule has 21 heavy (non-hydrogen) atoms. The fraction of sp³-hybridized carbons (Fsp3) is 0.0714. The van der Waals surface area contributed by atoms with Gasteiger partial charge in [0.15, 0.2) is 5.11 Å². The maximum Gasteiger partial charge on any atom is 0.416 e. The molecule has 0 amide bonds. The van der Waals surface area contributed by atoms with Crippen LogP contribution in [-0.4, -0.2) is 10.2 Å². The van der Waals surface area contributed by atoms with Crippen LogP contribution in [0.1, 0.15) is 5.56 Å². The quantitative estimate of drug-likeness (QED) is 0.574. The Kier molecular flexibility index (Phi) is 4.32. The fourth-order valence-electron chi connectivity index (χ4n) is 1.58. The minimum absolute atomic E-state index is 0.127. The van der Waals surface area contributed by atoms with Gasteiger partial charge < -0.3 is 15.7 Å². The second kappa shape index (κ2) is 6.01. The summed E-state index contributed by atoms with van der Waals surface area (Å²) in [6, 6.07) is 10.8. The van der Waals surface area contributed by atoms with Crippen molar-refractivity contribution in [2.45, 2.75) is 6.18 Å². The summed E-state index contributed by atoms with van der Waals surface area (Å²) in [4.78, 5) is 0. The summed E-state index contributed by atoms with van der Waals surface area (Å²) in [5.74, 6) is 0.127. The lowest BCUT2D eigenvalue weighted by Crippen LogP contribution is -2.19. The summed E-state index contributed by atoms with van der Waals surface area (Å²) in [5, 5.41) is 15.0. The van der Waals surface area contributed by atoms with E-state index in [1.807, 2.05) is 0 Å². The molecule has 0 radical (unpaired) electrons. The molecule has 0 aromatic heterocycles. The molecule has 0 saturated carbocycles. The maximum atomic E-state index is 12.4. The highest BCUT2D eigenvalue weighted by atomic mass is 32.1. The highest BCUT2D eigenvalue weighted by Crippen LogP contribution is 2.29. The Labute approximate surface area is 124 Å². The Morgan fingerprint density at radius 1 is 0.857 bits per heavy atom. The van der Waals surface area contributed by atoms with Gasteiger partial charge in [-0.3, -0.25) is 0 Å². The van der Waals surface area contributed by atoms with Crippen LogP contribution in [0.5, 0.6) is 5.75 Å². The average molecular weight is 312 g/mol. The van der Waals surface area contributed by atoms with Crippen molar-refractivity contribution in [2.24, 2.45) is 0 Å². The molecule has 0 aliphatic rings. The van der Waals surface area contributed by atoms with Gasteiger partial charge in [0, 0.05) is 11.4 Å². The van der Waals surface area contributed by atoms with Crippen molar-refractivity contribution in [2.75, 3.05) is 10.6 Å². The standard InChI is InChI=1S/C14H11F3N2OS/c15-14(16,17)9-1-3-10(4-2-9)18-13(21)19-11-5-7-12(20)8-6-11/h1-8,20H,(H2,18,19,21). The smallest absolute Gasteiger partial charge is 0.416 e. The Morgan fingerprint density at radius 2 is 1.29 bits per heavy atom. The van der Waals surface area contributed by atoms with Crippen molar-refractivity contribution in [3.63, 3.8) is 0 Å². The number of rotatable bonds is 2. The summed E-state index contributed by atoms with van der Waals surface area (Å²) >= 11 is 5.05. The molecule has 2 aromatic carbocycles. The normalized spacial score (nSPS) is 11.0. The number of aromatic hydroxyl groups is 1. The number of nitrogens with one attached hydrogen (secondary N) is 2. The number of alkyl halides is 3. The van der Waals surface area contributed by atoms with E-state index < -0.39 is 11.7 Å². The molecule has 0 fully saturated rings. The lowest BCUT2D eigenvalue weighted by Gasteiger charge is -2.12. The van der Waals surface area contributed by atoms with Crippen LogP contribution in [-0.2, 0) is 6.18 Å². The maximum absolute atomic E-state index is 12.4. The molecular formula is C14H11F3N2OS. The third-order valence-electron chi connectivity index (χ3n) is 2.60.